The number of nitrogens with one attached hydrogen (secondary N) is 1. The topological polar surface area (TPSA) is 69.6 Å². The summed E-state index contributed by atoms with van der Waals surface area (Å²) in [6.45, 7) is 0. The van der Waals surface area contributed by atoms with E-state index < -0.39 is 23.4 Å². The van der Waals surface area contributed by atoms with Gasteiger partial charge in [0.05, 0.1) is 11.1 Å². The lowest BCUT2D eigenvalue weighted by Crippen LogP contribution is -2.13. The zero-order valence-electron chi connectivity index (χ0n) is 10.5. The van der Waals surface area contributed by atoms with Crippen molar-refractivity contribution in [3.63, 3.8) is 0 Å². The molecule has 110 valence electrons. The number of benzene rings is 2. The summed E-state index contributed by atoms with van der Waals surface area (Å²) >= 11 is 0. The summed E-state index contributed by atoms with van der Waals surface area (Å²) in [6.07, 6.45) is -4.52. The van der Waals surface area contributed by atoms with E-state index in [1.54, 1.807) is 0 Å². The van der Waals surface area contributed by atoms with Crippen molar-refractivity contribution in [1.82, 2.24) is 0 Å². The van der Waals surface area contributed by atoms with Crippen LogP contribution in [-0.4, -0.2) is 16.1 Å². The van der Waals surface area contributed by atoms with Gasteiger partial charge in [-0.1, -0.05) is 6.07 Å². The number of rotatable bonds is 2. The van der Waals surface area contributed by atoms with Crippen LogP contribution in [0.15, 0.2) is 42.5 Å². The third-order valence-corrected chi connectivity index (χ3v) is 2.67. The van der Waals surface area contributed by atoms with Gasteiger partial charge in [-0.3, -0.25) is 4.79 Å². The van der Waals surface area contributed by atoms with Crippen LogP contribution in [0.3, 0.4) is 0 Å². The van der Waals surface area contributed by atoms with Crippen molar-refractivity contribution in [3.8, 4) is 11.5 Å². The maximum Gasteiger partial charge on any atom is 0.416 e. The molecule has 0 heterocycles. The van der Waals surface area contributed by atoms with Crippen molar-refractivity contribution in [2.45, 2.75) is 6.18 Å². The van der Waals surface area contributed by atoms with Crippen LogP contribution in [0.4, 0.5) is 18.9 Å². The van der Waals surface area contributed by atoms with E-state index in [9.17, 15) is 28.2 Å². The molecule has 7 heteroatoms. The van der Waals surface area contributed by atoms with E-state index in [-0.39, 0.29) is 17.0 Å². The summed E-state index contributed by atoms with van der Waals surface area (Å²) in [5, 5.41) is 21.0. The second kappa shape index (κ2) is 5.35. The lowest BCUT2D eigenvalue weighted by molar-refractivity contribution is -0.137. The van der Waals surface area contributed by atoms with Crippen molar-refractivity contribution < 1.29 is 28.2 Å². The second-order valence-electron chi connectivity index (χ2n) is 4.23. The number of amides is 1. The molecular weight excluding hydrogens is 287 g/mol. The van der Waals surface area contributed by atoms with Crippen LogP contribution in [0.1, 0.15) is 15.9 Å². The molecule has 2 rings (SSSR count). The molecule has 0 saturated heterocycles. The molecule has 2 aromatic carbocycles. The highest BCUT2D eigenvalue weighted by atomic mass is 19.4. The SMILES string of the molecule is O=C(Nc1cccc(C(F)(F)F)c1)c1cc(O)ccc1O. The summed E-state index contributed by atoms with van der Waals surface area (Å²) in [6, 6.07) is 7.39. The molecule has 0 radical (unpaired) electrons. The fourth-order valence-electron chi connectivity index (χ4n) is 1.68. The Morgan fingerprint density at radius 3 is 2.43 bits per heavy atom. The number of aromatic hydroxyl groups is 2. The standard InChI is InChI=1S/C14H10F3NO3/c15-14(16,17)8-2-1-3-9(6-8)18-13(21)11-7-10(19)4-5-12(11)20/h1-7,19-20H,(H,18,21). The van der Waals surface area contributed by atoms with E-state index in [1.165, 1.54) is 12.1 Å². The molecule has 0 aliphatic rings. The van der Waals surface area contributed by atoms with Crippen LogP contribution in [-0.2, 0) is 6.18 Å². The summed E-state index contributed by atoms with van der Waals surface area (Å²) in [4.78, 5) is 11.9. The van der Waals surface area contributed by atoms with Crippen molar-refractivity contribution in [1.29, 1.82) is 0 Å². The van der Waals surface area contributed by atoms with Gasteiger partial charge in [-0.2, -0.15) is 13.2 Å². The minimum atomic E-state index is -4.52. The van der Waals surface area contributed by atoms with Crippen molar-refractivity contribution >= 4 is 11.6 Å². The van der Waals surface area contributed by atoms with E-state index in [0.717, 1.165) is 30.3 Å². The second-order valence-corrected chi connectivity index (χ2v) is 4.23. The van der Waals surface area contributed by atoms with E-state index >= 15 is 0 Å². The minimum Gasteiger partial charge on any atom is -0.508 e. The van der Waals surface area contributed by atoms with Gasteiger partial charge in [0.15, 0.2) is 0 Å². The van der Waals surface area contributed by atoms with Crippen LogP contribution in [0, 0.1) is 0 Å². The minimum absolute atomic E-state index is 0.0717. The first kappa shape index (κ1) is 14.7. The third-order valence-electron chi connectivity index (χ3n) is 2.67. The normalized spacial score (nSPS) is 11.2. The van der Waals surface area contributed by atoms with Gasteiger partial charge in [0.2, 0.25) is 0 Å². The monoisotopic (exact) mass is 297 g/mol. The number of hydrogen-bond acceptors (Lipinski definition) is 3. The molecule has 0 atom stereocenters. The van der Waals surface area contributed by atoms with Crippen molar-refractivity contribution in [3.05, 3.63) is 53.6 Å². The zero-order chi connectivity index (χ0) is 15.6. The summed E-state index contributed by atoms with van der Waals surface area (Å²) in [5.41, 5.74) is -1.22. The number of anilines is 1. The number of carbonyl (C=O) groups is 1. The Balaban J connectivity index is 2.26. The molecule has 0 aromatic heterocycles. The van der Waals surface area contributed by atoms with Gasteiger partial charge in [-0.05, 0) is 36.4 Å². The maximum absolute atomic E-state index is 12.6. The van der Waals surface area contributed by atoms with Gasteiger partial charge in [0, 0.05) is 5.69 Å². The third kappa shape index (κ3) is 3.44. The smallest absolute Gasteiger partial charge is 0.416 e. The molecule has 2 aromatic rings. The lowest BCUT2D eigenvalue weighted by atomic mass is 10.1. The van der Waals surface area contributed by atoms with Gasteiger partial charge in [-0.25, -0.2) is 0 Å². The predicted molar refractivity (Wildman–Crippen MR) is 69.2 cm³/mol. The number of phenolic OH excluding ortho intramolecular Hbond substituents is 2. The average molecular weight is 297 g/mol. The molecule has 4 nitrogen and oxygen atoms in total. The molecule has 21 heavy (non-hydrogen) atoms. The van der Waals surface area contributed by atoms with Gasteiger partial charge in [0.1, 0.15) is 11.5 Å². The Kier molecular flexibility index (Phi) is 3.75. The molecule has 0 saturated carbocycles. The maximum atomic E-state index is 12.6. The van der Waals surface area contributed by atoms with Gasteiger partial charge in [-0.15, -0.1) is 0 Å². The van der Waals surface area contributed by atoms with Gasteiger partial charge >= 0.3 is 6.18 Å². The molecule has 0 aliphatic heterocycles. The van der Waals surface area contributed by atoms with E-state index in [2.05, 4.69) is 5.32 Å². The fourth-order valence-corrected chi connectivity index (χ4v) is 1.68. The number of hydrogen-bond donors (Lipinski definition) is 3. The average Bonchev–Trinajstić information content (AvgIpc) is 2.41. The van der Waals surface area contributed by atoms with E-state index in [4.69, 9.17) is 0 Å². The highest BCUT2D eigenvalue weighted by Gasteiger charge is 2.30. The lowest BCUT2D eigenvalue weighted by Gasteiger charge is -2.10. The number of phenols is 2. The van der Waals surface area contributed by atoms with Gasteiger partial charge in [0.25, 0.3) is 5.91 Å². The Morgan fingerprint density at radius 2 is 1.76 bits per heavy atom. The van der Waals surface area contributed by atoms with Crippen molar-refractivity contribution in [2.75, 3.05) is 5.32 Å². The molecule has 1 amide bonds. The summed E-state index contributed by atoms with van der Waals surface area (Å²) < 4.78 is 37.7. The van der Waals surface area contributed by atoms with Crippen LogP contribution in [0.25, 0.3) is 0 Å². The van der Waals surface area contributed by atoms with E-state index in [1.807, 2.05) is 0 Å². The Labute approximate surface area is 117 Å². The molecule has 0 fully saturated rings. The predicted octanol–water partition coefficient (Wildman–Crippen LogP) is 3.37. The highest BCUT2D eigenvalue weighted by Crippen LogP contribution is 2.31. The molecule has 0 aliphatic carbocycles. The largest absolute Gasteiger partial charge is 0.508 e. The van der Waals surface area contributed by atoms with Crippen molar-refractivity contribution in [2.24, 2.45) is 0 Å². The van der Waals surface area contributed by atoms with E-state index in [0.29, 0.717) is 0 Å². The number of alkyl halides is 3. The summed E-state index contributed by atoms with van der Waals surface area (Å²) in [7, 11) is 0. The zero-order valence-corrected chi connectivity index (χ0v) is 10.5. The number of carbonyl (C=O) groups excluding carboxylic acids is 1. The molecule has 0 bridgehead atoms. The van der Waals surface area contributed by atoms with Gasteiger partial charge < -0.3 is 15.5 Å². The Hall–Kier alpha value is -2.70. The first-order valence-electron chi connectivity index (χ1n) is 5.78. The molecule has 0 spiro atoms. The molecular formula is C14H10F3NO3. The number of halogens is 3. The molecule has 3 N–H and O–H groups in total. The molecule has 0 unspecified atom stereocenters. The first-order chi connectivity index (χ1) is 9.77. The Bertz CT molecular complexity index is 683. The summed E-state index contributed by atoms with van der Waals surface area (Å²) in [5.74, 6) is -1.47. The Morgan fingerprint density at radius 1 is 1.05 bits per heavy atom. The fraction of sp³-hybridized carbons (Fsp3) is 0.0714. The quantitative estimate of drug-likeness (QED) is 0.744. The van der Waals surface area contributed by atoms with Crippen LogP contribution >= 0.6 is 0 Å². The van der Waals surface area contributed by atoms with Crippen LogP contribution < -0.4 is 5.32 Å². The van der Waals surface area contributed by atoms with Crippen LogP contribution in [0.5, 0.6) is 11.5 Å². The first-order valence-corrected chi connectivity index (χ1v) is 5.78. The van der Waals surface area contributed by atoms with Crippen LogP contribution in [0.2, 0.25) is 0 Å². The highest BCUT2D eigenvalue weighted by molar-refractivity contribution is 6.06.